The molecule has 1 aromatic rings. The fourth-order valence-corrected chi connectivity index (χ4v) is 3.74. The predicted molar refractivity (Wildman–Crippen MR) is 114 cm³/mol. The number of anilines is 1. The molecule has 3 rings (SSSR count). The van der Waals surface area contributed by atoms with Gasteiger partial charge in [0, 0.05) is 29.8 Å². The van der Waals surface area contributed by atoms with E-state index in [-0.39, 0.29) is 59.8 Å². The number of esters is 1. The molecule has 1 aromatic carbocycles. The van der Waals surface area contributed by atoms with Crippen molar-refractivity contribution in [1.82, 2.24) is 0 Å². The summed E-state index contributed by atoms with van der Waals surface area (Å²) in [5.74, 6) is -2.85. The highest BCUT2D eigenvalue weighted by Gasteiger charge is 2.39. The van der Waals surface area contributed by atoms with E-state index < -0.39 is 28.9 Å². The monoisotopic (exact) mass is 423 g/mol. The van der Waals surface area contributed by atoms with Crippen LogP contribution < -0.4 is 5.32 Å². The van der Waals surface area contributed by atoms with Crippen LogP contribution in [-0.4, -0.2) is 41.2 Å². The normalized spacial score (nSPS) is 19.1. The summed E-state index contributed by atoms with van der Waals surface area (Å²) in [6, 6.07) is 4.83. The Hall–Kier alpha value is -3.35. The number of carbonyl (C=O) groups excluding carboxylic acids is 5. The summed E-state index contributed by atoms with van der Waals surface area (Å²) in [6.07, 6.45) is 1.59. The molecule has 0 aromatic heterocycles. The maximum absolute atomic E-state index is 13.1. The number of hydrogen-bond donors (Lipinski definition) is 1. The Labute approximate surface area is 180 Å². The van der Waals surface area contributed by atoms with Crippen molar-refractivity contribution in [3.05, 3.63) is 53.1 Å². The van der Waals surface area contributed by atoms with Gasteiger partial charge in [-0.3, -0.25) is 24.0 Å². The van der Waals surface area contributed by atoms with E-state index in [0.29, 0.717) is 5.69 Å². The minimum Gasteiger partial charge on any atom is -0.460 e. The van der Waals surface area contributed by atoms with Crippen LogP contribution in [0.1, 0.15) is 60.7 Å². The molecular formula is C24H25NO6. The van der Waals surface area contributed by atoms with Gasteiger partial charge in [0.2, 0.25) is 0 Å². The fraction of sp³-hybridized carbons (Fsp3) is 0.375. The second-order valence-corrected chi connectivity index (χ2v) is 8.64. The molecule has 1 saturated carbocycles. The van der Waals surface area contributed by atoms with Crippen molar-refractivity contribution in [1.29, 1.82) is 0 Å². The number of carbonyl (C=O) groups is 5. The number of hydrogen-bond acceptors (Lipinski definition) is 7. The molecule has 0 bridgehead atoms. The minimum atomic E-state index is -0.835. The van der Waals surface area contributed by atoms with Crippen molar-refractivity contribution in [2.45, 2.75) is 45.6 Å². The number of ether oxygens (including phenoxy) is 1. The second kappa shape index (κ2) is 8.41. The van der Waals surface area contributed by atoms with Crippen molar-refractivity contribution in [2.24, 2.45) is 5.92 Å². The smallest absolute Gasteiger partial charge is 0.308 e. The van der Waals surface area contributed by atoms with Gasteiger partial charge in [-0.25, -0.2) is 0 Å². The molecule has 7 nitrogen and oxygen atoms in total. The van der Waals surface area contributed by atoms with Crippen LogP contribution in [0.5, 0.6) is 0 Å². The number of benzene rings is 1. The Kier molecular flexibility index (Phi) is 6.06. The molecule has 0 spiro atoms. The molecule has 0 amide bonds. The molecule has 162 valence electrons. The molecule has 1 N–H and O–H groups in total. The van der Waals surface area contributed by atoms with Crippen molar-refractivity contribution in [3.63, 3.8) is 0 Å². The van der Waals surface area contributed by atoms with Crippen LogP contribution in [0.3, 0.4) is 0 Å². The highest BCUT2D eigenvalue weighted by molar-refractivity contribution is 6.30. The zero-order chi connectivity index (χ0) is 22.9. The molecular weight excluding hydrogens is 398 g/mol. The second-order valence-electron chi connectivity index (χ2n) is 8.64. The van der Waals surface area contributed by atoms with Gasteiger partial charge in [-0.2, -0.15) is 0 Å². The van der Waals surface area contributed by atoms with Crippen LogP contribution in [0.25, 0.3) is 0 Å². The molecule has 7 heteroatoms. The van der Waals surface area contributed by atoms with Gasteiger partial charge < -0.3 is 10.1 Å². The van der Waals surface area contributed by atoms with Gasteiger partial charge in [0.05, 0.1) is 23.5 Å². The minimum absolute atomic E-state index is 0.0941. The largest absolute Gasteiger partial charge is 0.460 e. The van der Waals surface area contributed by atoms with Gasteiger partial charge >= 0.3 is 5.97 Å². The number of nitrogens with one attached hydrogen (secondary N) is 1. The highest BCUT2D eigenvalue weighted by atomic mass is 16.6. The topological polar surface area (TPSA) is 107 Å². The molecule has 2 aliphatic carbocycles. The fourth-order valence-electron chi connectivity index (χ4n) is 3.74. The summed E-state index contributed by atoms with van der Waals surface area (Å²) in [4.78, 5) is 62.1. The zero-order valence-corrected chi connectivity index (χ0v) is 17.9. The quantitative estimate of drug-likeness (QED) is 0.440. The molecule has 2 aliphatic rings. The lowest BCUT2D eigenvalue weighted by Gasteiger charge is -2.26. The first kappa shape index (κ1) is 22.3. The van der Waals surface area contributed by atoms with Crippen molar-refractivity contribution < 1.29 is 28.7 Å². The van der Waals surface area contributed by atoms with E-state index in [1.807, 2.05) is 0 Å². The van der Waals surface area contributed by atoms with Gasteiger partial charge in [0.1, 0.15) is 5.60 Å². The van der Waals surface area contributed by atoms with Gasteiger partial charge in [-0.05, 0) is 39.3 Å². The molecule has 1 atom stereocenters. The first-order chi connectivity index (χ1) is 14.5. The first-order valence-electron chi connectivity index (χ1n) is 10.2. The molecule has 0 aliphatic heterocycles. The van der Waals surface area contributed by atoms with E-state index in [9.17, 15) is 24.0 Å². The molecule has 1 unspecified atom stereocenters. The number of rotatable bonds is 5. The average Bonchev–Trinajstić information content (AvgIpc) is 2.68. The maximum Gasteiger partial charge on any atom is 0.308 e. The summed E-state index contributed by atoms with van der Waals surface area (Å²) < 4.78 is 5.26. The number of fused-ring (bicyclic) bond motifs is 1. The van der Waals surface area contributed by atoms with Crippen molar-refractivity contribution in [2.75, 3.05) is 11.9 Å². The molecule has 0 heterocycles. The van der Waals surface area contributed by atoms with Gasteiger partial charge in [-0.1, -0.05) is 18.7 Å². The van der Waals surface area contributed by atoms with Crippen LogP contribution in [0, 0.1) is 5.92 Å². The molecule has 1 fully saturated rings. The van der Waals surface area contributed by atoms with E-state index in [0.717, 1.165) is 0 Å². The van der Waals surface area contributed by atoms with Gasteiger partial charge in [0.15, 0.2) is 23.1 Å². The summed E-state index contributed by atoms with van der Waals surface area (Å²) in [5, 5.41) is 3.03. The molecule has 31 heavy (non-hydrogen) atoms. The van der Waals surface area contributed by atoms with Crippen LogP contribution in [0.2, 0.25) is 0 Å². The predicted octanol–water partition coefficient (Wildman–Crippen LogP) is 3.24. The van der Waals surface area contributed by atoms with Crippen LogP contribution in [-0.2, 0) is 19.1 Å². The Morgan fingerprint density at radius 1 is 1.19 bits per heavy atom. The Morgan fingerprint density at radius 3 is 2.58 bits per heavy atom. The number of allylic oxidation sites excluding steroid dienone is 3. The molecule has 0 saturated heterocycles. The average molecular weight is 423 g/mol. The first-order valence-corrected chi connectivity index (χ1v) is 10.2. The lowest BCUT2D eigenvalue weighted by molar-refractivity contribution is -0.154. The Morgan fingerprint density at radius 2 is 1.90 bits per heavy atom. The van der Waals surface area contributed by atoms with Crippen LogP contribution in [0.4, 0.5) is 5.69 Å². The van der Waals surface area contributed by atoms with E-state index in [1.54, 1.807) is 32.9 Å². The Bertz CT molecular complexity index is 1040. The number of Topliss-reactive ketones (excluding diaryl/α,β-unsaturated/α-hetero) is 3. The van der Waals surface area contributed by atoms with E-state index >= 15 is 0 Å². The highest BCUT2D eigenvalue weighted by Crippen LogP contribution is 2.35. The van der Waals surface area contributed by atoms with Crippen LogP contribution >= 0.6 is 0 Å². The van der Waals surface area contributed by atoms with Crippen molar-refractivity contribution >= 4 is 34.8 Å². The van der Waals surface area contributed by atoms with Gasteiger partial charge in [-0.15, -0.1) is 0 Å². The summed E-state index contributed by atoms with van der Waals surface area (Å²) in [6.45, 7) is 9.09. The zero-order valence-electron chi connectivity index (χ0n) is 17.9. The lowest BCUT2D eigenvalue weighted by atomic mass is 9.74. The van der Waals surface area contributed by atoms with E-state index in [2.05, 4.69) is 11.9 Å². The van der Waals surface area contributed by atoms with Crippen molar-refractivity contribution in [3.8, 4) is 0 Å². The SMILES string of the molecule is C=C1C(=O)CCC(C2=CC(=O)c3c(NCCC(=O)OC(C)(C)C)cccc3C2=O)C1=O. The standard InChI is InChI=1S/C24H25NO6/c1-13-18(26)9-8-14(22(13)29)16-12-19(27)21-15(23(16)30)6-5-7-17(21)25-11-10-20(28)31-24(2,3)4/h5-7,12,14,25H,1,8-11H2,2-4H3. The van der Waals surface area contributed by atoms with Crippen LogP contribution in [0.15, 0.2) is 42.0 Å². The molecule has 0 radical (unpaired) electrons. The third-order valence-electron chi connectivity index (χ3n) is 5.15. The third kappa shape index (κ3) is 4.71. The third-order valence-corrected chi connectivity index (χ3v) is 5.15. The van der Waals surface area contributed by atoms with E-state index in [1.165, 1.54) is 12.1 Å². The number of ketones is 4. The summed E-state index contributed by atoms with van der Waals surface area (Å²) in [5.41, 5.74) is 0.227. The summed E-state index contributed by atoms with van der Waals surface area (Å²) >= 11 is 0. The Balaban J connectivity index is 1.79. The summed E-state index contributed by atoms with van der Waals surface area (Å²) in [7, 11) is 0. The maximum atomic E-state index is 13.1. The van der Waals surface area contributed by atoms with Gasteiger partial charge in [0.25, 0.3) is 0 Å². The van der Waals surface area contributed by atoms with E-state index in [4.69, 9.17) is 4.74 Å². The lowest BCUT2D eigenvalue weighted by Crippen LogP contribution is -2.33.